The highest BCUT2D eigenvalue weighted by Gasteiger charge is 2.28. The zero-order valence-corrected chi connectivity index (χ0v) is 11.7. The van der Waals surface area contributed by atoms with Gasteiger partial charge in [-0.15, -0.1) is 0 Å². The maximum absolute atomic E-state index is 11.8. The van der Waals surface area contributed by atoms with Gasteiger partial charge in [-0.2, -0.15) is 0 Å². The van der Waals surface area contributed by atoms with Crippen molar-refractivity contribution in [2.75, 3.05) is 18.8 Å². The highest BCUT2D eigenvalue weighted by Crippen LogP contribution is 2.29. The zero-order chi connectivity index (χ0) is 13.2. The second-order valence-corrected chi connectivity index (χ2v) is 6.92. The van der Waals surface area contributed by atoms with Crippen molar-refractivity contribution in [2.45, 2.75) is 32.6 Å². The Kier molecular flexibility index (Phi) is 3.97. The summed E-state index contributed by atoms with van der Waals surface area (Å²) in [6.07, 6.45) is 5.07. The van der Waals surface area contributed by atoms with Gasteiger partial charge in [0.2, 0.25) is 10.0 Å². The summed E-state index contributed by atoms with van der Waals surface area (Å²) in [7, 11) is -3.04. The molecule has 1 aromatic heterocycles. The predicted octanol–water partition coefficient (Wildman–Crippen LogP) is 1.31. The van der Waals surface area contributed by atoms with Crippen LogP contribution < -0.4 is 0 Å². The highest BCUT2D eigenvalue weighted by atomic mass is 32.2. The molecule has 1 fully saturated rings. The molecule has 0 atom stereocenters. The molecule has 6 heteroatoms. The zero-order valence-electron chi connectivity index (χ0n) is 10.8. The SMILES string of the molecule is CCS(=O)(=O)N1CCC(c2ncncc2C)CC1. The topological polar surface area (TPSA) is 63.2 Å². The summed E-state index contributed by atoms with van der Waals surface area (Å²) in [6.45, 7) is 4.90. The number of piperidine rings is 1. The lowest BCUT2D eigenvalue weighted by atomic mass is 9.92. The summed E-state index contributed by atoms with van der Waals surface area (Å²) in [5, 5.41) is 0. The van der Waals surface area contributed by atoms with Gasteiger partial charge in [0.05, 0.1) is 5.75 Å². The molecule has 0 radical (unpaired) electrons. The molecule has 1 aliphatic heterocycles. The lowest BCUT2D eigenvalue weighted by Gasteiger charge is -2.31. The number of nitrogens with zero attached hydrogens (tertiary/aromatic N) is 3. The van der Waals surface area contributed by atoms with E-state index in [1.807, 2.05) is 13.1 Å². The average molecular weight is 269 g/mol. The monoisotopic (exact) mass is 269 g/mol. The maximum atomic E-state index is 11.8. The molecule has 0 aromatic carbocycles. The summed E-state index contributed by atoms with van der Waals surface area (Å²) in [6, 6.07) is 0. The summed E-state index contributed by atoms with van der Waals surface area (Å²) < 4.78 is 25.1. The molecule has 0 bridgehead atoms. The third-order valence-corrected chi connectivity index (χ3v) is 5.42. The Morgan fingerprint density at radius 3 is 2.61 bits per heavy atom. The van der Waals surface area contributed by atoms with E-state index in [0.29, 0.717) is 19.0 Å². The van der Waals surface area contributed by atoms with Gasteiger partial charge in [0, 0.05) is 30.9 Å². The van der Waals surface area contributed by atoms with Gasteiger partial charge in [-0.3, -0.25) is 0 Å². The quantitative estimate of drug-likeness (QED) is 0.830. The van der Waals surface area contributed by atoms with Crippen LogP contribution in [0.4, 0.5) is 0 Å². The number of hydrogen-bond donors (Lipinski definition) is 0. The third kappa shape index (κ3) is 2.70. The van der Waals surface area contributed by atoms with Crippen molar-refractivity contribution in [3.05, 3.63) is 23.8 Å². The lowest BCUT2D eigenvalue weighted by Crippen LogP contribution is -2.39. The van der Waals surface area contributed by atoms with E-state index >= 15 is 0 Å². The van der Waals surface area contributed by atoms with Crippen LogP contribution in [0, 0.1) is 6.92 Å². The van der Waals surface area contributed by atoms with Crippen LogP contribution in [0.25, 0.3) is 0 Å². The Morgan fingerprint density at radius 1 is 1.39 bits per heavy atom. The molecule has 0 spiro atoms. The van der Waals surface area contributed by atoms with Gasteiger partial charge in [-0.05, 0) is 32.3 Å². The number of aryl methyl sites for hydroxylation is 1. The Balaban J connectivity index is 2.06. The molecule has 1 saturated heterocycles. The van der Waals surface area contributed by atoms with Crippen LogP contribution in [0.3, 0.4) is 0 Å². The van der Waals surface area contributed by atoms with Crippen molar-refractivity contribution in [2.24, 2.45) is 0 Å². The molecule has 0 saturated carbocycles. The van der Waals surface area contributed by atoms with E-state index in [9.17, 15) is 8.42 Å². The summed E-state index contributed by atoms with van der Waals surface area (Å²) in [5.41, 5.74) is 2.16. The van der Waals surface area contributed by atoms with E-state index in [-0.39, 0.29) is 5.75 Å². The van der Waals surface area contributed by atoms with Gasteiger partial charge in [-0.1, -0.05) is 0 Å². The number of hydrogen-bond acceptors (Lipinski definition) is 4. The van der Waals surface area contributed by atoms with Gasteiger partial charge < -0.3 is 0 Å². The molecule has 5 nitrogen and oxygen atoms in total. The second-order valence-electron chi connectivity index (χ2n) is 4.66. The van der Waals surface area contributed by atoms with Crippen LogP contribution in [0.1, 0.15) is 36.9 Å². The van der Waals surface area contributed by atoms with E-state index in [4.69, 9.17) is 0 Å². The minimum atomic E-state index is -3.04. The van der Waals surface area contributed by atoms with Crippen molar-refractivity contribution in [3.8, 4) is 0 Å². The average Bonchev–Trinajstić information content (AvgIpc) is 2.39. The predicted molar refractivity (Wildman–Crippen MR) is 69.8 cm³/mol. The van der Waals surface area contributed by atoms with E-state index in [1.165, 1.54) is 0 Å². The molecule has 0 N–H and O–H groups in total. The summed E-state index contributed by atoms with van der Waals surface area (Å²) in [4.78, 5) is 8.32. The Morgan fingerprint density at radius 2 is 2.06 bits per heavy atom. The first kappa shape index (κ1) is 13.4. The van der Waals surface area contributed by atoms with Crippen LogP contribution in [0.2, 0.25) is 0 Å². The first-order chi connectivity index (χ1) is 8.54. The summed E-state index contributed by atoms with van der Waals surface area (Å²) >= 11 is 0. The van der Waals surface area contributed by atoms with Crippen LogP contribution in [0.15, 0.2) is 12.5 Å². The van der Waals surface area contributed by atoms with Crippen molar-refractivity contribution in [3.63, 3.8) is 0 Å². The smallest absolute Gasteiger partial charge is 0.213 e. The summed E-state index contributed by atoms with van der Waals surface area (Å²) in [5.74, 6) is 0.542. The normalized spacial score (nSPS) is 19.0. The molecule has 18 heavy (non-hydrogen) atoms. The number of sulfonamides is 1. The molecule has 0 amide bonds. The fraction of sp³-hybridized carbons (Fsp3) is 0.667. The fourth-order valence-electron chi connectivity index (χ4n) is 2.43. The van der Waals surface area contributed by atoms with Crippen molar-refractivity contribution >= 4 is 10.0 Å². The standard InChI is InChI=1S/C12H19N3O2S/c1-3-18(16,17)15-6-4-11(5-7-15)12-10(2)8-13-9-14-12/h8-9,11H,3-7H2,1-2H3. The Labute approximate surface area is 108 Å². The van der Waals surface area contributed by atoms with E-state index in [1.54, 1.807) is 17.6 Å². The second kappa shape index (κ2) is 5.32. The molecule has 2 heterocycles. The van der Waals surface area contributed by atoms with Crippen molar-refractivity contribution in [1.29, 1.82) is 0 Å². The lowest BCUT2D eigenvalue weighted by molar-refractivity contribution is 0.316. The number of rotatable bonds is 3. The van der Waals surface area contributed by atoms with Gasteiger partial charge in [0.15, 0.2) is 0 Å². The molecule has 0 aliphatic carbocycles. The maximum Gasteiger partial charge on any atom is 0.213 e. The van der Waals surface area contributed by atoms with Gasteiger partial charge >= 0.3 is 0 Å². The van der Waals surface area contributed by atoms with E-state index in [0.717, 1.165) is 24.1 Å². The molecule has 2 rings (SSSR count). The molecule has 100 valence electrons. The molecular formula is C12H19N3O2S. The van der Waals surface area contributed by atoms with Crippen LogP contribution in [0.5, 0.6) is 0 Å². The van der Waals surface area contributed by atoms with Crippen LogP contribution in [-0.4, -0.2) is 41.5 Å². The minimum absolute atomic E-state index is 0.185. The first-order valence-corrected chi connectivity index (χ1v) is 7.90. The van der Waals surface area contributed by atoms with Crippen LogP contribution in [-0.2, 0) is 10.0 Å². The highest BCUT2D eigenvalue weighted by molar-refractivity contribution is 7.89. The van der Waals surface area contributed by atoms with Gasteiger partial charge in [-0.25, -0.2) is 22.7 Å². The molecule has 1 aliphatic rings. The van der Waals surface area contributed by atoms with E-state index < -0.39 is 10.0 Å². The van der Waals surface area contributed by atoms with Crippen LogP contribution >= 0.6 is 0 Å². The largest absolute Gasteiger partial charge is 0.245 e. The van der Waals surface area contributed by atoms with Crippen molar-refractivity contribution in [1.82, 2.24) is 14.3 Å². The third-order valence-electron chi connectivity index (χ3n) is 3.53. The molecule has 1 aromatic rings. The fourth-order valence-corrected chi connectivity index (χ4v) is 3.56. The first-order valence-electron chi connectivity index (χ1n) is 6.29. The number of aromatic nitrogens is 2. The van der Waals surface area contributed by atoms with Gasteiger partial charge in [0.25, 0.3) is 0 Å². The Bertz CT molecular complexity index is 508. The van der Waals surface area contributed by atoms with E-state index in [2.05, 4.69) is 9.97 Å². The molecule has 0 unspecified atom stereocenters. The minimum Gasteiger partial charge on any atom is -0.245 e. The van der Waals surface area contributed by atoms with Crippen molar-refractivity contribution < 1.29 is 8.42 Å². The molecular weight excluding hydrogens is 250 g/mol. The van der Waals surface area contributed by atoms with Gasteiger partial charge in [0.1, 0.15) is 6.33 Å². The Hall–Kier alpha value is -1.01.